The molecule has 0 aromatic carbocycles. The molecular formula is C14H17NOS. The zero-order valence-electron chi connectivity index (χ0n) is 10.1. The molecule has 2 rings (SSSR count). The highest BCUT2D eigenvalue weighted by molar-refractivity contribution is 7.09. The van der Waals surface area contributed by atoms with Crippen LogP contribution in [0.15, 0.2) is 36.0 Å². The van der Waals surface area contributed by atoms with Gasteiger partial charge in [-0.25, -0.2) is 0 Å². The minimum Gasteiger partial charge on any atom is -0.353 e. The van der Waals surface area contributed by atoms with E-state index < -0.39 is 0 Å². The lowest BCUT2D eigenvalue weighted by Gasteiger charge is -2.00. The van der Waals surface area contributed by atoms with Crippen LogP contribution in [0.4, 0.5) is 0 Å². The molecule has 0 aliphatic carbocycles. The van der Waals surface area contributed by atoms with Crippen molar-refractivity contribution in [1.82, 2.24) is 4.57 Å². The monoisotopic (exact) mass is 247 g/mol. The summed E-state index contributed by atoms with van der Waals surface area (Å²) in [6.07, 6.45) is 6.56. The quantitative estimate of drug-likeness (QED) is 0.712. The highest BCUT2D eigenvalue weighted by Gasteiger charge is 2.06. The Morgan fingerprint density at radius 3 is 3.00 bits per heavy atom. The number of aryl methyl sites for hydroxylation is 2. The van der Waals surface area contributed by atoms with Crippen molar-refractivity contribution in [2.75, 3.05) is 0 Å². The van der Waals surface area contributed by atoms with Crippen molar-refractivity contribution < 1.29 is 4.79 Å². The van der Waals surface area contributed by atoms with Gasteiger partial charge in [0.1, 0.15) is 0 Å². The van der Waals surface area contributed by atoms with Crippen LogP contribution in [0, 0.1) is 0 Å². The van der Waals surface area contributed by atoms with Gasteiger partial charge >= 0.3 is 0 Å². The van der Waals surface area contributed by atoms with Crippen molar-refractivity contribution in [3.63, 3.8) is 0 Å². The van der Waals surface area contributed by atoms with E-state index >= 15 is 0 Å². The molecule has 90 valence electrons. The number of rotatable bonds is 6. The molecule has 0 radical (unpaired) electrons. The Balaban J connectivity index is 1.92. The fourth-order valence-electron chi connectivity index (χ4n) is 1.81. The molecule has 0 spiro atoms. The lowest BCUT2D eigenvalue weighted by molar-refractivity contribution is 0.0981. The first-order valence-corrected chi connectivity index (χ1v) is 6.89. The molecule has 2 aromatic heterocycles. The van der Waals surface area contributed by atoms with E-state index in [0.717, 1.165) is 24.9 Å². The minimum absolute atomic E-state index is 0.252. The molecule has 0 atom stereocenters. The molecular weight excluding hydrogens is 230 g/mol. The van der Waals surface area contributed by atoms with E-state index in [2.05, 4.69) is 22.1 Å². The van der Waals surface area contributed by atoms with Crippen LogP contribution in [0.25, 0.3) is 0 Å². The van der Waals surface area contributed by atoms with E-state index in [1.807, 2.05) is 25.4 Å². The maximum Gasteiger partial charge on any atom is 0.164 e. The van der Waals surface area contributed by atoms with Crippen LogP contribution < -0.4 is 0 Å². The smallest absolute Gasteiger partial charge is 0.164 e. The van der Waals surface area contributed by atoms with Gasteiger partial charge in [0.05, 0.1) is 0 Å². The number of nitrogens with zero attached hydrogens (tertiary/aromatic N) is 1. The van der Waals surface area contributed by atoms with Crippen molar-refractivity contribution in [3.8, 4) is 0 Å². The summed E-state index contributed by atoms with van der Waals surface area (Å²) in [5.74, 6) is 0.252. The second kappa shape index (κ2) is 5.82. The number of carbonyl (C=O) groups is 1. The molecule has 0 bridgehead atoms. The molecule has 0 saturated carbocycles. The van der Waals surface area contributed by atoms with Crippen LogP contribution in [0.1, 0.15) is 35.0 Å². The summed E-state index contributed by atoms with van der Waals surface area (Å²) in [6.45, 7) is 2.98. The zero-order chi connectivity index (χ0) is 12.1. The molecule has 3 heteroatoms. The molecule has 0 aliphatic heterocycles. The molecule has 0 aliphatic rings. The van der Waals surface area contributed by atoms with Gasteiger partial charge in [-0.15, -0.1) is 11.3 Å². The SMILES string of the molecule is CCCC(=O)c1ccn(CCc2cccs2)c1. The number of thiophene rings is 1. The van der Waals surface area contributed by atoms with Crippen molar-refractivity contribution in [2.45, 2.75) is 32.7 Å². The van der Waals surface area contributed by atoms with Gasteiger partial charge in [-0.2, -0.15) is 0 Å². The third-order valence-electron chi connectivity index (χ3n) is 2.75. The predicted octanol–water partition coefficient (Wildman–Crippen LogP) is 3.78. The summed E-state index contributed by atoms with van der Waals surface area (Å²) in [5, 5.41) is 2.10. The number of hydrogen-bond acceptors (Lipinski definition) is 2. The normalized spacial score (nSPS) is 10.6. The number of ketones is 1. The second-order valence-electron chi connectivity index (χ2n) is 4.14. The lowest BCUT2D eigenvalue weighted by atomic mass is 10.1. The average Bonchev–Trinajstić information content (AvgIpc) is 2.98. The molecule has 2 aromatic rings. The summed E-state index contributed by atoms with van der Waals surface area (Å²) in [5.41, 5.74) is 0.845. The Morgan fingerprint density at radius 1 is 1.41 bits per heavy atom. The number of carbonyl (C=O) groups excluding carboxylic acids is 1. The van der Waals surface area contributed by atoms with Gasteiger partial charge in [-0.05, 0) is 30.4 Å². The average molecular weight is 247 g/mol. The molecule has 0 N–H and O–H groups in total. The van der Waals surface area contributed by atoms with Crippen LogP contribution in [0.3, 0.4) is 0 Å². The Morgan fingerprint density at radius 2 is 2.29 bits per heavy atom. The molecule has 0 fully saturated rings. The Hall–Kier alpha value is -1.35. The van der Waals surface area contributed by atoms with E-state index in [4.69, 9.17) is 0 Å². The fourth-order valence-corrected chi connectivity index (χ4v) is 2.51. The van der Waals surface area contributed by atoms with E-state index in [1.165, 1.54) is 4.88 Å². The van der Waals surface area contributed by atoms with Crippen molar-refractivity contribution in [3.05, 3.63) is 46.4 Å². The first-order chi connectivity index (χ1) is 8.29. The van der Waals surface area contributed by atoms with Crippen molar-refractivity contribution in [2.24, 2.45) is 0 Å². The Labute approximate surface area is 106 Å². The third-order valence-corrected chi connectivity index (χ3v) is 3.68. The van der Waals surface area contributed by atoms with Crippen molar-refractivity contribution in [1.29, 1.82) is 0 Å². The van der Waals surface area contributed by atoms with Gasteiger partial charge in [-0.3, -0.25) is 4.79 Å². The summed E-state index contributed by atoms with van der Waals surface area (Å²) in [4.78, 5) is 13.1. The maximum atomic E-state index is 11.7. The number of Topliss-reactive ketones (excluding diaryl/α,β-unsaturated/α-hetero) is 1. The van der Waals surface area contributed by atoms with Gasteiger partial charge in [0.15, 0.2) is 5.78 Å². The predicted molar refractivity (Wildman–Crippen MR) is 71.7 cm³/mol. The van der Waals surface area contributed by atoms with Gasteiger partial charge in [-0.1, -0.05) is 13.0 Å². The molecule has 0 unspecified atom stereocenters. The summed E-state index contributed by atoms with van der Waals surface area (Å²) < 4.78 is 2.10. The van der Waals surface area contributed by atoms with E-state index in [0.29, 0.717) is 6.42 Å². The summed E-state index contributed by atoms with van der Waals surface area (Å²) in [6, 6.07) is 6.15. The van der Waals surface area contributed by atoms with E-state index in [9.17, 15) is 4.79 Å². The Bertz CT molecular complexity index is 470. The highest BCUT2D eigenvalue weighted by Crippen LogP contribution is 2.12. The fraction of sp³-hybridized carbons (Fsp3) is 0.357. The molecule has 2 nitrogen and oxygen atoms in total. The molecule has 0 saturated heterocycles. The summed E-state index contributed by atoms with van der Waals surface area (Å²) >= 11 is 1.78. The topological polar surface area (TPSA) is 22.0 Å². The van der Waals surface area contributed by atoms with Gasteiger partial charge < -0.3 is 4.57 Å². The van der Waals surface area contributed by atoms with E-state index in [-0.39, 0.29) is 5.78 Å². The van der Waals surface area contributed by atoms with Crippen LogP contribution in [-0.4, -0.2) is 10.4 Å². The largest absolute Gasteiger partial charge is 0.353 e. The number of hydrogen-bond donors (Lipinski definition) is 0. The lowest BCUT2D eigenvalue weighted by Crippen LogP contribution is -1.99. The molecule has 0 amide bonds. The third kappa shape index (κ3) is 3.30. The van der Waals surface area contributed by atoms with Crippen LogP contribution in [0.2, 0.25) is 0 Å². The highest BCUT2D eigenvalue weighted by atomic mass is 32.1. The number of aromatic nitrogens is 1. The first-order valence-electron chi connectivity index (χ1n) is 6.01. The summed E-state index contributed by atoms with van der Waals surface area (Å²) in [7, 11) is 0. The van der Waals surface area contributed by atoms with Crippen LogP contribution in [0.5, 0.6) is 0 Å². The molecule has 17 heavy (non-hydrogen) atoms. The van der Waals surface area contributed by atoms with Gasteiger partial charge in [0.2, 0.25) is 0 Å². The maximum absolute atomic E-state index is 11.7. The zero-order valence-corrected chi connectivity index (χ0v) is 10.9. The van der Waals surface area contributed by atoms with E-state index in [1.54, 1.807) is 11.3 Å². The van der Waals surface area contributed by atoms with Crippen molar-refractivity contribution >= 4 is 17.1 Å². The van der Waals surface area contributed by atoms with Gasteiger partial charge in [0, 0.05) is 35.8 Å². The Kier molecular flexibility index (Phi) is 4.15. The minimum atomic E-state index is 0.252. The van der Waals surface area contributed by atoms with Gasteiger partial charge in [0.25, 0.3) is 0 Å². The standard InChI is InChI=1S/C14H17NOS/c1-2-4-14(16)12-6-8-15(11-12)9-7-13-5-3-10-17-13/h3,5-6,8,10-11H,2,4,7,9H2,1H3. The van der Waals surface area contributed by atoms with Crippen LogP contribution in [-0.2, 0) is 13.0 Å². The second-order valence-corrected chi connectivity index (χ2v) is 5.17. The molecule has 2 heterocycles. The first kappa shape index (κ1) is 12.1. The van der Waals surface area contributed by atoms with Crippen LogP contribution >= 0.6 is 11.3 Å².